The van der Waals surface area contributed by atoms with Crippen LogP contribution in [0, 0.1) is 0 Å². The van der Waals surface area contributed by atoms with Crippen molar-refractivity contribution in [1.29, 1.82) is 0 Å². The van der Waals surface area contributed by atoms with Gasteiger partial charge in [0.2, 0.25) is 5.78 Å². The Bertz CT molecular complexity index is 984. The predicted molar refractivity (Wildman–Crippen MR) is 117 cm³/mol. The molecule has 3 rings (SSSR count). The highest BCUT2D eigenvalue weighted by Gasteiger charge is 2.16. The molecule has 0 N–H and O–H groups in total. The third kappa shape index (κ3) is 6.08. The second kappa shape index (κ2) is 10.8. The molecule has 0 saturated carbocycles. The molecule has 30 heavy (non-hydrogen) atoms. The normalized spacial score (nSPS) is 10.5. The molecule has 0 aliphatic heterocycles. The molecule has 0 fully saturated rings. The van der Waals surface area contributed by atoms with Gasteiger partial charge in [-0.25, -0.2) is 9.78 Å². The molecule has 8 heteroatoms. The summed E-state index contributed by atoms with van der Waals surface area (Å²) in [5.41, 5.74) is 1.39. The van der Waals surface area contributed by atoms with E-state index in [1.807, 2.05) is 36.4 Å². The van der Waals surface area contributed by atoms with E-state index in [1.54, 1.807) is 18.9 Å². The van der Waals surface area contributed by atoms with Gasteiger partial charge in [0.05, 0.1) is 14.2 Å². The molecule has 0 saturated heterocycles. The molecule has 2 aromatic carbocycles. The Kier molecular flexibility index (Phi) is 7.87. The fourth-order valence-electron chi connectivity index (χ4n) is 2.52. The van der Waals surface area contributed by atoms with Crippen molar-refractivity contribution in [3.8, 4) is 11.5 Å². The Morgan fingerprint density at radius 1 is 1.00 bits per heavy atom. The topological polar surface area (TPSA) is 74.7 Å². The second-order valence-corrected chi connectivity index (χ2v) is 8.19. The Balaban J connectivity index is 1.44. The number of carbonyl (C=O) groups is 2. The Morgan fingerprint density at radius 3 is 2.37 bits per heavy atom. The first-order valence-corrected chi connectivity index (χ1v) is 11.0. The highest BCUT2D eigenvalue weighted by atomic mass is 32.2. The first-order valence-electron chi connectivity index (χ1n) is 9.14. The summed E-state index contributed by atoms with van der Waals surface area (Å²) in [6, 6.07) is 15.7. The molecule has 0 spiro atoms. The number of aryl methyl sites for hydroxylation is 1. The number of esters is 1. The van der Waals surface area contributed by atoms with E-state index in [0.29, 0.717) is 5.75 Å². The second-order valence-electron chi connectivity index (χ2n) is 6.16. The van der Waals surface area contributed by atoms with E-state index >= 15 is 0 Å². The Morgan fingerprint density at radius 2 is 1.70 bits per heavy atom. The van der Waals surface area contributed by atoms with Crippen molar-refractivity contribution in [3.05, 3.63) is 70.2 Å². The minimum Gasteiger partial charge on any atom is -0.497 e. The van der Waals surface area contributed by atoms with Crippen LogP contribution in [0.15, 0.2) is 58.8 Å². The van der Waals surface area contributed by atoms with Gasteiger partial charge in [0, 0.05) is 16.0 Å². The number of nitrogens with zero attached hydrogens (tertiary/aromatic N) is 1. The third-order valence-corrected chi connectivity index (χ3v) is 6.05. The predicted octanol–water partition coefficient (Wildman–Crippen LogP) is 4.53. The molecule has 0 bridgehead atoms. The largest absolute Gasteiger partial charge is 0.497 e. The number of ketones is 1. The number of hydrogen-bond donors (Lipinski definition) is 0. The van der Waals surface area contributed by atoms with Crippen molar-refractivity contribution in [2.75, 3.05) is 26.6 Å². The maximum absolute atomic E-state index is 12.2. The standard InChI is InChI=1S/C22H21NO5S2/c1-26-16-5-3-15(4-6-16)11-12-29-18-9-7-17(8-10-18)28-13-20(24)21-23-19(14-30-21)22(25)27-2/h3-10,14H,11-13H2,1-2H3. The van der Waals surface area contributed by atoms with Gasteiger partial charge in [-0.3, -0.25) is 4.79 Å². The van der Waals surface area contributed by atoms with Crippen LogP contribution in [-0.2, 0) is 11.2 Å². The van der Waals surface area contributed by atoms with E-state index < -0.39 is 5.97 Å². The van der Waals surface area contributed by atoms with Crippen molar-refractivity contribution in [2.45, 2.75) is 11.3 Å². The van der Waals surface area contributed by atoms with Gasteiger partial charge in [0.1, 0.15) is 11.5 Å². The average molecular weight is 444 g/mol. The molecule has 0 aliphatic carbocycles. The van der Waals surface area contributed by atoms with E-state index in [1.165, 1.54) is 18.1 Å². The molecule has 0 aliphatic rings. The molecule has 1 heterocycles. The van der Waals surface area contributed by atoms with Crippen molar-refractivity contribution < 1.29 is 23.8 Å². The highest BCUT2D eigenvalue weighted by molar-refractivity contribution is 7.99. The smallest absolute Gasteiger partial charge is 0.357 e. The number of benzene rings is 2. The number of aromatic nitrogens is 1. The van der Waals surface area contributed by atoms with E-state index in [-0.39, 0.29) is 23.1 Å². The molecule has 0 unspecified atom stereocenters. The maximum Gasteiger partial charge on any atom is 0.357 e. The van der Waals surface area contributed by atoms with E-state index in [9.17, 15) is 9.59 Å². The zero-order valence-electron chi connectivity index (χ0n) is 16.6. The minimum atomic E-state index is -0.564. The SMILES string of the molecule is COC(=O)c1csc(C(=O)COc2ccc(SCCc3ccc(OC)cc3)cc2)n1. The van der Waals surface area contributed by atoms with Crippen LogP contribution in [-0.4, -0.2) is 43.3 Å². The quantitative estimate of drug-likeness (QED) is 0.259. The molecular formula is C22H21NO5S2. The van der Waals surface area contributed by atoms with Gasteiger partial charge >= 0.3 is 5.97 Å². The van der Waals surface area contributed by atoms with Crippen LogP contribution in [0.25, 0.3) is 0 Å². The van der Waals surface area contributed by atoms with Crippen LogP contribution in [0.4, 0.5) is 0 Å². The van der Waals surface area contributed by atoms with Crippen LogP contribution in [0.3, 0.4) is 0 Å². The summed E-state index contributed by atoms with van der Waals surface area (Å²) in [5, 5.41) is 1.72. The first-order chi connectivity index (χ1) is 14.6. The number of ether oxygens (including phenoxy) is 3. The van der Waals surface area contributed by atoms with Crippen LogP contribution in [0.5, 0.6) is 11.5 Å². The maximum atomic E-state index is 12.2. The number of hydrogen-bond acceptors (Lipinski definition) is 8. The monoisotopic (exact) mass is 443 g/mol. The molecule has 0 radical (unpaired) electrons. The summed E-state index contributed by atoms with van der Waals surface area (Å²) >= 11 is 2.85. The lowest BCUT2D eigenvalue weighted by molar-refractivity contribution is 0.0595. The summed E-state index contributed by atoms with van der Waals surface area (Å²) in [6.07, 6.45) is 0.961. The minimum absolute atomic E-state index is 0.127. The van der Waals surface area contributed by atoms with Gasteiger partial charge in [0.25, 0.3) is 0 Å². The average Bonchev–Trinajstić information content (AvgIpc) is 3.29. The van der Waals surface area contributed by atoms with Crippen molar-refractivity contribution in [3.63, 3.8) is 0 Å². The summed E-state index contributed by atoms with van der Waals surface area (Å²) in [4.78, 5) is 28.7. The lowest BCUT2D eigenvalue weighted by Gasteiger charge is -2.06. The fraction of sp³-hybridized carbons (Fsp3) is 0.227. The van der Waals surface area contributed by atoms with E-state index in [4.69, 9.17) is 9.47 Å². The fourth-order valence-corrected chi connectivity index (χ4v) is 4.14. The third-order valence-electron chi connectivity index (χ3n) is 4.15. The number of methoxy groups -OCH3 is 2. The Labute approximate surface area is 183 Å². The highest BCUT2D eigenvalue weighted by Crippen LogP contribution is 2.23. The van der Waals surface area contributed by atoms with Gasteiger partial charge in [-0.15, -0.1) is 23.1 Å². The molecule has 6 nitrogen and oxygen atoms in total. The lowest BCUT2D eigenvalue weighted by Crippen LogP contribution is -2.12. The zero-order chi connectivity index (χ0) is 21.3. The van der Waals surface area contributed by atoms with Crippen molar-refractivity contribution in [2.24, 2.45) is 0 Å². The van der Waals surface area contributed by atoms with E-state index in [2.05, 4.69) is 21.9 Å². The lowest BCUT2D eigenvalue weighted by atomic mass is 10.2. The van der Waals surface area contributed by atoms with Gasteiger partial charge in [-0.05, 0) is 48.4 Å². The molecule has 0 atom stereocenters. The van der Waals surface area contributed by atoms with Gasteiger partial charge < -0.3 is 14.2 Å². The van der Waals surface area contributed by atoms with Crippen molar-refractivity contribution >= 4 is 34.9 Å². The molecule has 0 amide bonds. The molecule has 3 aromatic rings. The first kappa shape index (κ1) is 21.9. The summed E-state index contributed by atoms with van der Waals surface area (Å²) in [7, 11) is 2.93. The number of rotatable bonds is 10. The molecule has 1 aromatic heterocycles. The van der Waals surface area contributed by atoms with Crippen LogP contribution < -0.4 is 9.47 Å². The molecule has 156 valence electrons. The molecular weight excluding hydrogens is 422 g/mol. The van der Waals surface area contributed by atoms with Crippen LogP contribution >= 0.6 is 23.1 Å². The van der Waals surface area contributed by atoms with Gasteiger partial charge in [0.15, 0.2) is 17.3 Å². The van der Waals surface area contributed by atoms with E-state index in [0.717, 1.165) is 34.2 Å². The van der Waals surface area contributed by atoms with Crippen molar-refractivity contribution in [1.82, 2.24) is 4.98 Å². The van der Waals surface area contributed by atoms with Gasteiger partial charge in [-0.1, -0.05) is 12.1 Å². The Hall–Kier alpha value is -2.84. The zero-order valence-corrected chi connectivity index (χ0v) is 18.3. The summed E-state index contributed by atoms with van der Waals surface area (Å²) in [6.45, 7) is -0.141. The summed E-state index contributed by atoms with van der Waals surface area (Å²) < 4.78 is 15.3. The number of Topliss-reactive ketones (excluding diaryl/α,β-unsaturated/α-hetero) is 1. The van der Waals surface area contributed by atoms with Gasteiger partial charge in [-0.2, -0.15) is 0 Å². The van der Waals surface area contributed by atoms with Crippen LogP contribution in [0.2, 0.25) is 0 Å². The number of thioether (sulfide) groups is 1. The number of carbonyl (C=O) groups excluding carboxylic acids is 2. The number of thiazole rings is 1. The summed E-state index contributed by atoms with van der Waals surface area (Å²) in [5.74, 6) is 1.57. The van der Waals surface area contributed by atoms with Crippen LogP contribution in [0.1, 0.15) is 25.9 Å².